The van der Waals surface area contributed by atoms with Crippen LogP contribution in [0.2, 0.25) is 10.0 Å². The molecular formula is C23H21Cl2NO3. The molecule has 0 heterocycles. The predicted octanol–water partition coefficient (Wildman–Crippen LogP) is 6.53. The molecule has 0 unspecified atom stereocenters. The minimum Gasteiger partial charge on any atom is -0.490 e. The zero-order chi connectivity index (χ0) is 20.8. The van der Waals surface area contributed by atoms with Gasteiger partial charge in [0.25, 0.3) is 5.91 Å². The highest BCUT2D eigenvalue weighted by molar-refractivity contribution is 6.35. The van der Waals surface area contributed by atoms with Crippen molar-refractivity contribution in [3.8, 4) is 11.5 Å². The van der Waals surface area contributed by atoms with Crippen molar-refractivity contribution in [1.29, 1.82) is 0 Å². The molecule has 0 aliphatic rings. The third kappa shape index (κ3) is 5.66. The van der Waals surface area contributed by atoms with Crippen LogP contribution in [0.1, 0.15) is 28.4 Å². The van der Waals surface area contributed by atoms with Gasteiger partial charge < -0.3 is 14.8 Å². The zero-order valence-electron chi connectivity index (χ0n) is 16.2. The molecule has 6 heteroatoms. The molecule has 0 aliphatic carbocycles. The van der Waals surface area contributed by atoms with Crippen LogP contribution in [0.4, 0.5) is 5.69 Å². The zero-order valence-corrected chi connectivity index (χ0v) is 17.7. The second-order valence-electron chi connectivity index (χ2n) is 6.45. The van der Waals surface area contributed by atoms with E-state index >= 15 is 0 Å². The number of rotatable bonds is 7. The number of hydrogen-bond donors (Lipinski definition) is 1. The van der Waals surface area contributed by atoms with E-state index < -0.39 is 0 Å². The number of hydrogen-bond acceptors (Lipinski definition) is 3. The van der Waals surface area contributed by atoms with E-state index in [9.17, 15) is 4.79 Å². The predicted molar refractivity (Wildman–Crippen MR) is 118 cm³/mol. The molecular weight excluding hydrogens is 409 g/mol. The van der Waals surface area contributed by atoms with Gasteiger partial charge in [-0.1, -0.05) is 53.0 Å². The van der Waals surface area contributed by atoms with Gasteiger partial charge >= 0.3 is 0 Å². The minimum absolute atomic E-state index is 0.319. The third-order valence-corrected chi connectivity index (χ3v) is 4.76. The fourth-order valence-electron chi connectivity index (χ4n) is 2.67. The van der Waals surface area contributed by atoms with Crippen molar-refractivity contribution in [2.24, 2.45) is 0 Å². The highest BCUT2D eigenvalue weighted by atomic mass is 35.5. The molecule has 0 radical (unpaired) electrons. The first-order valence-corrected chi connectivity index (χ1v) is 9.93. The number of benzene rings is 3. The molecule has 0 aliphatic heterocycles. The van der Waals surface area contributed by atoms with Crippen LogP contribution < -0.4 is 14.8 Å². The molecule has 0 bridgehead atoms. The van der Waals surface area contributed by atoms with Gasteiger partial charge in [-0.3, -0.25) is 4.79 Å². The smallest absolute Gasteiger partial charge is 0.255 e. The van der Waals surface area contributed by atoms with E-state index in [4.69, 9.17) is 32.7 Å². The normalized spacial score (nSPS) is 10.5. The van der Waals surface area contributed by atoms with Crippen molar-refractivity contribution in [2.75, 3.05) is 11.9 Å². The van der Waals surface area contributed by atoms with E-state index in [1.54, 1.807) is 36.4 Å². The number of aryl methyl sites for hydroxylation is 1. The van der Waals surface area contributed by atoms with Crippen LogP contribution in [0, 0.1) is 6.92 Å². The Kier molecular flexibility index (Phi) is 7.02. The average Bonchev–Trinajstić information content (AvgIpc) is 2.71. The van der Waals surface area contributed by atoms with Gasteiger partial charge in [0.05, 0.1) is 17.3 Å². The Morgan fingerprint density at radius 3 is 2.41 bits per heavy atom. The van der Waals surface area contributed by atoms with Crippen LogP contribution in [0.25, 0.3) is 0 Å². The molecule has 3 aromatic rings. The topological polar surface area (TPSA) is 47.6 Å². The lowest BCUT2D eigenvalue weighted by Crippen LogP contribution is -2.12. The maximum atomic E-state index is 12.6. The van der Waals surface area contributed by atoms with Gasteiger partial charge in [-0.15, -0.1) is 0 Å². The SMILES string of the molecule is CCOc1cc(C(=O)Nc2cc(Cl)ccc2Cl)ccc1OCc1ccc(C)cc1. The molecule has 3 aromatic carbocycles. The van der Waals surface area contributed by atoms with Crippen molar-refractivity contribution in [2.45, 2.75) is 20.5 Å². The van der Waals surface area contributed by atoms with Gasteiger partial charge in [-0.05, 0) is 55.8 Å². The molecule has 0 saturated heterocycles. The van der Waals surface area contributed by atoms with Crippen LogP contribution in [0.5, 0.6) is 11.5 Å². The van der Waals surface area contributed by atoms with E-state index in [2.05, 4.69) is 5.32 Å². The van der Waals surface area contributed by atoms with Crippen LogP contribution in [-0.2, 0) is 6.61 Å². The summed E-state index contributed by atoms with van der Waals surface area (Å²) in [5.41, 5.74) is 3.11. The summed E-state index contributed by atoms with van der Waals surface area (Å²) in [6.45, 7) is 4.77. The third-order valence-electron chi connectivity index (χ3n) is 4.20. The molecule has 150 valence electrons. The summed E-state index contributed by atoms with van der Waals surface area (Å²) >= 11 is 12.1. The van der Waals surface area contributed by atoms with Crippen LogP contribution >= 0.6 is 23.2 Å². The molecule has 0 aromatic heterocycles. The first kappa shape index (κ1) is 21.0. The number of carbonyl (C=O) groups excluding carboxylic acids is 1. The van der Waals surface area contributed by atoms with Crippen LogP contribution in [0.3, 0.4) is 0 Å². The summed E-state index contributed by atoms with van der Waals surface area (Å²) in [6.07, 6.45) is 0. The lowest BCUT2D eigenvalue weighted by Gasteiger charge is -2.14. The molecule has 0 saturated carbocycles. The summed E-state index contributed by atoms with van der Waals surface area (Å²) in [6, 6.07) is 18.1. The van der Waals surface area contributed by atoms with Crippen molar-refractivity contribution in [1.82, 2.24) is 0 Å². The Morgan fingerprint density at radius 2 is 1.69 bits per heavy atom. The molecule has 3 rings (SSSR count). The molecule has 1 N–H and O–H groups in total. The van der Waals surface area contributed by atoms with E-state index in [0.29, 0.717) is 46.0 Å². The summed E-state index contributed by atoms with van der Waals surface area (Å²) < 4.78 is 11.6. The molecule has 0 atom stereocenters. The van der Waals surface area contributed by atoms with E-state index in [1.165, 1.54) is 5.56 Å². The summed E-state index contributed by atoms with van der Waals surface area (Å²) in [7, 11) is 0. The average molecular weight is 430 g/mol. The van der Waals surface area contributed by atoms with Gasteiger partial charge in [-0.25, -0.2) is 0 Å². The van der Waals surface area contributed by atoms with Gasteiger partial charge in [0.15, 0.2) is 11.5 Å². The van der Waals surface area contributed by atoms with Crippen LogP contribution in [0.15, 0.2) is 60.7 Å². The Bertz CT molecular complexity index is 1000. The van der Waals surface area contributed by atoms with E-state index in [1.807, 2.05) is 38.1 Å². The monoisotopic (exact) mass is 429 g/mol. The highest BCUT2D eigenvalue weighted by Gasteiger charge is 2.14. The number of nitrogens with one attached hydrogen (secondary N) is 1. The maximum Gasteiger partial charge on any atom is 0.255 e. The standard InChI is InChI=1S/C23H21Cl2NO3/c1-3-28-22-12-17(23(27)26-20-13-18(24)9-10-19(20)25)8-11-21(22)29-14-16-6-4-15(2)5-7-16/h4-13H,3,14H2,1-2H3,(H,26,27). The minimum atomic E-state index is -0.319. The fourth-order valence-corrected chi connectivity index (χ4v) is 3.01. The number of carbonyl (C=O) groups is 1. The van der Waals surface area contributed by atoms with Gasteiger partial charge in [-0.2, -0.15) is 0 Å². The summed E-state index contributed by atoms with van der Waals surface area (Å²) in [4.78, 5) is 12.6. The van der Waals surface area contributed by atoms with Crippen LogP contribution in [-0.4, -0.2) is 12.5 Å². The molecule has 4 nitrogen and oxygen atoms in total. The molecule has 0 spiro atoms. The van der Waals surface area contributed by atoms with Crippen molar-refractivity contribution < 1.29 is 14.3 Å². The lowest BCUT2D eigenvalue weighted by atomic mass is 10.1. The quantitative estimate of drug-likeness (QED) is 0.464. The fraction of sp³-hybridized carbons (Fsp3) is 0.174. The van der Waals surface area contributed by atoms with Crippen molar-refractivity contribution in [3.63, 3.8) is 0 Å². The maximum absolute atomic E-state index is 12.6. The van der Waals surface area contributed by atoms with Crippen molar-refractivity contribution in [3.05, 3.63) is 87.4 Å². The Hall–Kier alpha value is -2.69. The van der Waals surface area contributed by atoms with E-state index in [-0.39, 0.29) is 5.91 Å². The van der Waals surface area contributed by atoms with Gasteiger partial charge in [0.1, 0.15) is 6.61 Å². The highest BCUT2D eigenvalue weighted by Crippen LogP contribution is 2.31. The molecule has 29 heavy (non-hydrogen) atoms. The Balaban J connectivity index is 1.76. The largest absolute Gasteiger partial charge is 0.490 e. The molecule has 1 amide bonds. The Labute approximate surface area is 180 Å². The van der Waals surface area contributed by atoms with Gasteiger partial charge in [0, 0.05) is 10.6 Å². The number of amides is 1. The Morgan fingerprint density at radius 1 is 0.931 bits per heavy atom. The first-order valence-electron chi connectivity index (χ1n) is 9.18. The number of ether oxygens (including phenoxy) is 2. The molecule has 0 fully saturated rings. The van der Waals surface area contributed by atoms with Gasteiger partial charge in [0.2, 0.25) is 0 Å². The summed E-state index contributed by atoms with van der Waals surface area (Å²) in [5, 5.41) is 3.66. The second-order valence-corrected chi connectivity index (χ2v) is 7.29. The number of anilines is 1. The van der Waals surface area contributed by atoms with Crippen molar-refractivity contribution >= 4 is 34.8 Å². The first-order chi connectivity index (χ1) is 14.0. The summed E-state index contributed by atoms with van der Waals surface area (Å²) in [5.74, 6) is 0.759. The second kappa shape index (κ2) is 9.68. The van der Waals surface area contributed by atoms with E-state index in [0.717, 1.165) is 5.56 Å². The number of halogens is 2. The lowest BCUT2D eigenvalue weighted by molar-refractivity contribution is 0.102.